The van der Waals surface area contributed by atoms with Crippen LogP contribution in [0, 0.1) is 0 Å². The Morgan fingerprint density at radius 1 is 1.26 bits per heavy atom. The number of sulfonamides is 1. The molecular weight excluding hydrogens is 264 g/mol. The Kier molecular flexibility index (Phi) is 3.92. The van der Waals surface area contributed by atoms with E-state index in [4.69, 9.17) is 9.56 Å². The lowest BCUT2D eigenvalue weighted by atomic mass is 10.1. The van der Waals surface area contributed by atoms with E-state index in [9.17, 15) is 8.42 Å². The Bertz CT molecular complexity index is 618. The highest BCUT2D eigenvalue weighted by molar-refractivity contribution is 7.88. The van der Waals surface area contributed by atoms with Crippen LogP contribution in [0.2, 0.25) is 0 Å². The number of benzene rings is 1. The smallest absolute Gasteiger partial charge is 0.213 e. The van der Waals surface area contributed by atoms with Gasteiger partial charge in [-0.1, -0.05) is 12.1 Å². The highest BCUT2D eigenvalue weighted by Gasteiger charge is 2.07. The fraction of sp³-hybridized carbons (Fsp3) is 0.231. The Hall–Kier alpha value is -1.79. The van der Waals surface area contributed by atoms with E-state index in [-0.39, 0.29) is 11.8 Å². The van der Waals surface area contributed by atoms with Gasteiger partial charge >= 0.3 is 0 Å². The molecule has 2 aromatic rings. The summed E-state index contributed by atoms with van der Waals surface area (Å²) in [5, 5.41) is 8.29. The van der Waals surface area contributed by atoms with Crippen molar-refractivity contribution in [2.45, 2.75) is 18.7 Å². The minimum atomic E-state index is -3.48. The van der Waals surface area contributed by atoms with Gasteiger partial charge < -0.3 is 9.73 Å². The zero-order valence-corrected chi connectivity index (χ0v) is 11.4. The number of anilines is 1. The summed E-state index contributed by atoms with van der Waals surface area (Å²) in [5.41, 5.74) is 2.63. The fourth-order valence-electron chi connectivity index (χ4n) is 1.78. The summed E-state index contributed by atoms with van der Waals surface area (Å²) < 4.78 is 27.0. The second-order valence-corrected chi connectivity index (χ2v) is 6.04. The number of furan rings is 1. The number of primary sulfonamides is 1. The first-order chi connectivity index (χ1) is 8.94. The normalized spacial score (nSPS) is 13.2. The predicted octanol–water partition coefficient (Wildman–Crippen LogP) is 2.24. The average Bonchev–Trinajstić information content (AvgIpc) is 2.83. The quantitative estimate of drug-likeness (QED) is 0.879. The Morgan fingerprint density at radius 2 is 1.95 bits per heavy atom. The summed E-state index contributed by atoms with van der Waals surface area (Å²) in [6.07, 6.45) is 3.32. The first-order valence-electron chi connectivity index (χ1n) is 5.82. The van der Waals surface area contributed by atoms with Crippen LogP contribution in [0.4, 0.5) is 5.69 Å². The maximum Gasteiger partial charge on any atom is 0.213 e. The fourth-order valence-corrected chi connectivity index (χ4v) is 2.44. The van der Waals surface area contributed by atoms with Gasteiger partial charge in [-0.15, -0.1) is 0 Å². The zero-order chi connectivity index (χ0) is 13.9. The first kappa shape index (κ1) is 13.6. The first-order valence-corrected chi connectivity index (χ1v) is 7.53. The molecule has 0 saturated carbocycles. The molecule has 5 nitrogen and oxygen atoms in total. The molecule has 1 aromatic heterocycles. The summed E-state index contributed by atoms with van der Waals surface area (Å²) in [7, 11) is -3.48. The molecule has 0 aliphatic heterocycles. The van der Waals surface area contributed by atoms with Crippen molar-refractivity contribution in [2.24, 2.45) is 5.14 Å². The monoisotopic (exact) mass is 280 g/mol. The summed E-state index contributed by atoms with van der Waals surface area (Å²) >= 11 is 0. The van der Waals surface area contributed by atoms with Crippen LogP contribution in [0.1, 0.15) is 24.1 Å². The third-order valence-electron chi connectivity index (χ3n) is 2.75. The number of hydrogen-bond acceptors (Lipinski definition) is 4. The molecule has 0 spiro atoms. The van der Waals surface area contributed by atoms with Gasteiger partial charge in [0.2, 0.25) is 10.0 Å². The minimum Gasteiger partial charge on any atom is -0.472 e. The van der Waals surface area contributed by atoms with Crippen LogP contribution in [-0.4, -0.2) is 8.42 Å². The summed E-state index contributed by atoms with van der Waals surface area (Å²) in [6, 6.07) is 9.16. The van der Waals surface area contributed by atoms with Gasteiger partial charge in [0.1, 0.15) is 0 Å². The van der Waals surface area contributed by atoms with Gasteiger partial charge in [-0.2, -0.15) is 0 Å². The molecule has 0 bridgehead atoms. The van der Waals surface area contributed by atoms with Crippen LogP contribution in [-0.2, 0) is 15.8 Å². The van der Waals surface area contributed by atoms with E-state index in [2.05, 4.69) is 5.32 Å². The zero-order valence-electron chi connectivity index (χ0n) is 10.5. The van der Waals surface area contributed by atoms with Gasteiger partial charge in [0, 0.05) is 11.3 Å². The molecule has 0 amide bonds. The van der Waals surface area contributed by atoms with E-state index in [1.807, 2.05) is 25.1 Å². The highest BCUT2D eigenvalue weighted by Crippen LogP contribution is 2.20. The number of nitrogens with one attached hydrogen (secondary N) is 1. The molecule has 1 atom stereocenters. The van der Waals surface area contributed by atoms with Gasteiger partial charge in [-0.25, -0.2) is 13.6 Å². The average molecular weight is 280 g/mol. The second-order valence-electron chi connectivity index (χ2n) is 4.43. The van der Waals surface area contributed by atoms with Crippen molar-refractivity contribution in [3.05, 3.63) is 54.0 Å². The van der Waals surface area contributed by atoms with E-state index in [0.717, 1.165) is 11.3 Å². The van der Waals surface area contributed by atoms with Gasteiger partial charge in [0.05, 0.1) is 24.3 Å². The number of rotatable bonds is 5. The van der Waals surface area contributed by atoms with Gasteiger partial charge in [0.25, 0.3) is 0 Å². The van der Waals surface area contributed by atoms with Crippen LogP contribution in [0.25, 0.3) is 0 Å². The maximum absolute atomic E-state index is 11.0. The van der Waals surface area contributed by atoms with Crippen LogP contribution >= 0.6 is 0 Å². The molecule has 2 rings (SSSR count). The Labute approximate surface area is 112 Å². The van der Waals surface area contributed by atoms with Crippen LogP contribution < -0.4 is 10.5 Å². The maximum atomic E-state index is 11.0. The number of nitrogens with two attached hydrogens (primary N) is 1. The number of hydrogen-bond donors (Lipinski definition) is 2. The third kappa shape index (κ3) is 4.11. The molecule has 3 N–H and O–H groups in total. The summed E-state index contributed by atoms with van der Waals surface area (Å²) in [4.78, 5) is 0. The molecule has 0 fully saturated rings. The van der Waals surface area contributed by atoms with Crippen LogP contribution in [0.3, 0.4) is 0 Å². The summed E-state index contributed by atoms with van der Waals surface area (Å²) in [6.45, 7) is 2.02. The molecule has 0 saturated heterocycles. The lowest BCUT2D eigenvalue weighted by Crippen LogP contribution is -2.14. The predicted molar refractivity (Wildman–Crippen MR) is 74.0 cm³/mol. The largest absolute Gasteiger partial charge is 0.472 e. The van der Waals surface area contributed by atoms with E-state index in [1.165, 1.54) is 0 Å². The third-order valence-corrected chi connectivity index (χ3v) is 3.48. The molecule has 0 radical (unpaired) electrons. The molecular formula is C13H16N2O3S. The van der Waals surface area contributed by atoms with E-state index >= 15 is 0 Å². The molecule has 0 aliphatic carbocycles. The lowest BCUT2D eigenvalue weighted by molar-refractivity contribution is 0.562. The van der Waals surface area contributed by atoms with Crippen molar-refractivity contribution in [2.75, 3.05) is 5.32 Å². The van der Waals surface area contributed by atoms with Crippen LogP contribution in [0.5, 0.6) is 0 Å². The molecule has 1 unspecified atom stereocenters. The minimum absolute atomic E-state index is 0.114. The van der Waals surface area contributed by atoms with Crippen molar-refractivity contribution in [1.29, 1.82) is 0 Å². The van der Waals surface area contributed by atoms with Crippen molar-refractivity contribution in [3.63, 3.8) is 0 Å². The van der Waals surface area contributed by atoms with Crippen molar-refractivity contribution in [3.8, 4) is 0 Å². The standard InChI is InChI=1S/C13H16N2O3S/c1-10(12-6-7-18-8-12)15-13-4-2-11(3-5-13)9-19(14,16)17/h2-8,10,15H,9H2,1H3,(H2,14,16,17). The molecule has 1 heterocycles. The van der Waals surface area contributed by atoms with Gasteiger partial charge in [-0.3, -0.25) is 0 Å². The van der Waals surface area contributed by atoms with Gasteiger partial charge in [0.15, 0.2) is 0 Å². The van der Waals surface area contributed by atoms with Crippen molar-refractivity contribution < 1.29 is 12.8 Å². The van der Waals surface area contributed by atoms with E-state index < -0.39 is 10.0 Å². The second kappa shape index (κ2) is 5.46. The molecule has 0 aliphatic rings. The van der Waals surface area contributed by atoms with Crippen LogP contribution in [0.15, 0.2) is 47.3 Å². The highest BCUT2D eigenvalue weighted by atomic mass is 32.2. The molecule has 102 valence electrons. The summed E-state index contributed by atoms with van der Waals surface area (Å²) in [5.74, 6) is -0.148. The van der Waals surface area contributed by atoms with Gasteiger partial charge in [-0.05, 0) is 30.7 Å². The Morgan fingerprint density at radius 3 is 2.47 bits per heavy atom. The Balaban J connectivity index is 2.03. The van der Waals surface area contributed by atoms with Crippen molar-refractivity contribution >= 4 is 15.7 Å². The topological polar surface area (TPSA) is 85.3 Å². The lowest BCUT2D eigenvalue weighted by Gasteiger charge is -2.13. The van der Waals surface area contributed by atoms with E-state index in [1.54, 1.807) is 24.7 Å². The molecule has 1 aromatic carbocycles. The van der Waals surface area contributed by atoms with E-state index in [0.29, 0.717) is 5.56 Å². The van der Waals surface area contributed by atoms with Crippen molar-refractivity contribution in [1.82, 2.24) is 0 Å². The molecule has 6 heteroatoms. The SMILES string of the molecule is CC(Nc1ccc(CS(N)(=O)=O)cc1)c1ccoc1. The molecule has 19 heavy (non-hydrogen) atoms.